The molecule has 0 amide bonds. The summed E-state index contributed by atoms with van der Waals surface area (Å²) in [7, 11) is 0. The van der Waals surface area contributed by atoms with Crippen LogP contribution in [0.4, 0.5) is 0 Å². The number of nitriles is 1. The normalized spacial score (nSPS) is 9.56. The number of hydrogen-bond acceptors (Lipinski definition) is 5. The molecular weight excluding hydrogens is 224 g/mol. The molecule has 5 heteroatoms. The Morgan fingerprint density at radius 1 is 1.69 bits per heavy atom. The van der Waals surface area contributed by atoms with Gasteiger partial charge in [-0.05, 0) is 25.5 Å². The van der Waals surface area contributed by atoms with Crippen LogP contribution in [0, 0.1) is 18.3 Å². The van der Waals surface area contributed by atoms with E-state index in [2.05, 4.69) is 11.1 Å². The highest BCUT2D eigenvalue weighted by molar-refractivity contribution is 7.99. The number of nitrogens with zero attached hydrogens (tertiary/aromatic N) is 2. The molecule has 84 valence electrons. The number of thioether (sulfide) groups is 1. The van der Waals surface area contributed by atoms with Crippen molar-refractivity contribution in [3.8, 4) is 6.07 Å². The molecule has 0 aliphatic heterocycles. The first-order chi connectivity index (χ1) is 7.69. The second-order valence-electron chi connectivity index (χ2n) is 3.01. The van der Waals surface area contributed by atoms with Gasteiger partial charge in [0.2, 0.25) is 0 Å². The van der Waals surface area contributed by atoms with Gasteiger partial charge in [-0.3, -0.25) is 4.79 Å². The number of aryl methyl sites for hydroxylation is 1. The van der Waals surface area contributed by atoms with Crippen molar-refractivity contribution in [1.82, 2.24) is 4.98 Å². The Balaban J connectivity index is 2.71. The lowest BCUT2D eigenvalue weighted by molar-refractivity contribution is -0.139. The minimum Gasteiger partial charge on any atom is -0.465 e. The molecule has 0 aromatic carbocycles. The quantitative estimate of drug-likeness (QED) is 0.590. The number of carbonyl (C=O) groups excluding carboxylic acids is 1. The lowest BCUT2D eigenvalue weighted by Crippen LogP contribution is -2.07. The number of esters is 1. The van der Waals surface area contributed by atoms with E-state index >= 15 is 0 Å². The Bertz CT molecular complexity index is 426. The zero-order valence-corrected chi connectivity index (χ0v) is 10.0. The third-order valence-electron chi connectivity index (χ3n) is 1.87. The minimum atomic E-state index is -0.292. The molecule has 0 saturated carbocycles. The monoisotopic (exact) mass is 236 g/mol. The van der Waals surface area contributed by atoms with E-state index in [0.717, 1.165) is 5.56 Å². The van der Waals surface area contributed by atoms with Gasteiger partial charge in [0.05, 0.1) is 17.9 Å². The fourth-order valence-corrected chi connectivity index (χ4v) is 1.93. The molecule has 0 radical (unpaired) electrons. The second kappa shape index (κ2) is 6.13. The van der Waals surface area contributed by atoms with Crippen molar-refractivity contribution in [2.45, 2.75) is 18.9 Å². The summed E-state index contributed by atoms with van der Waals surface area (Å²) in [4.78, 5) is 15.2. The number of ether oxygens (including phenoxy) is 1. The summed E-state index contributed by atoms with van der Waals surface area (Å²) >= 11 is 1.23. The Hall–Kier alpha value is -1.54. The molecule has 0 spiro atoms. The van der Waals surface area contributed by atoms with Crippen LogP contribution in [-0.2, 0) is 9.53 Å². The smallest absolute Gasteiger partial charge is 0.316 e. The van der Waals surface area contributed by atoms with Crippen LogP contribution < -0.4 is 0 Å². The average Bonchev–Trinajstić information content (AvgIpc) is 2.27. The Kier molecular flexibility index (Phi) is 4.80. The van der Waals surface area contributed by atoms with Crippen LogP contribution in [0.1, 0.15) is 18.1 Å². The summed E-state index contributed by atoms with van der Waals surface area (Å²) in [5, 5.41) is 9.53. The lowest BCUT2D eigenvalue weighted by Gasteiger charge is -2.04. The van der Waals surface area contributed by atoms with E-state index in [4.69, 9.17) is 10.00 Å². The first-order valence-electron chi connectivity index (χ1n) is 4.83. The van der Waals surface area contributed by atoms with Gasteiger partial charge >= 0.3 is 5.97 Å². The third-order valence-corrected chi connectivity index (χ3v) is 2.83. The van der Waals surface area contributed by atoms with Crippen molar-refractivity contribution >= 4 is 17.7 Å². The number of pyridine rings is 1. The van der Waals surface area contributed by atoms with Crippen LogP contribution in [0.5, 0.6) is 0 Å². The van der Waals surface area contributed by atoms with Crippen molar-refractivity contribution in [1.29, 1.82) is 5.26 Å². The number of aromatic nitrogens is 1. The molecule has 16 heavy (non-hydrogen) atoms. The van der Waals surface area contributed by atoms with E-state index in [1.54, 1.807) is 19.2 Å². The summed E-state index contributed by atoms with van der Waals surface area (Å²) < 4.78 is 4.80. The fraction of sp³-hybridized carbons (Fsp3) is 0.364. The predicted octanol–water partition coefficient (Wildman–Crippen LogP) is 1.92. The van der Waals surface area contributed by atoms with Gasteiger partial charge < -0.3 is 4.74 Å². The SMILES string of the molecule is CCOC(=O)CSc1nccc(C)c1C#N. The van der Waals surface area contributed by atoms with Crippen molar-refractivity contribution in [2.24, 2.45) is 0 Å². The number of rotatable bonds is 4. The maximum Gasteiger partial charge on any atom is 0.316 e. The molecule has 0 saturated heterocycles. The molecule has 0 aliphatic rings. The summed E-state index contributed by atoms with van der Waals surface area (Å²) in [6, 6.07) is 3.85. The van der Waals surface area contributed by atoms with Gasteiger partial charge in [0.25, 0.3) is 0 Å². The fourth-order valence-electron chi connectivity index (χ4n) is 1.11. The lowest BCUT2D eigenvalue weighted by atomic mass is 10.2. The Morgan fingerprint density at radius 2 is 2.44 bits per heavy atom. The van der Waals surface area contributed by atoms with Gasteiger partial charge in [-0.2, -0.15) is 5.26 Å². The average molecular weight is 236 g/mol. The Labute approximate surface area is 98.6 Å². The van der Waals surface area contributed by atoms with E-state index in [0.29, 0.717) is 17.2 Å². The predicted molar refractivity (Wildman–Crippen MR) is 61.0 cm³/mol. The number of hydrogen-bond donors (Lipinski definition) is 0. The van der Waals surface area contributed by atoms with Crippen molar-refractivity contribution in [3.63, 3.8) is 0 Å². The molecule has 1 heterocycles. The maximum absolute atomic E-state index is 11.1. The van der Waals surface area contributed by atoms with E-state index < -0.39 is 0 Å². The van der Waals surface area contributed by atoms with Crippen LogP contribution in [-0.4, -0.2) is 23.3 Å². The molecule has 0 N–H and O–H groups in total. The largest absolute Gasteiger partial charge is 0.465 e. The van der Waals surface area contributed by atoms with Crippen LogP contribution in [0.2, 0.25) is 0 Å². The molecule has 1 rings (SSSR count). The molecule has 0 bridgehead atoms. The summed E-state index contributed by atoms with van der Waals surface area (Å²) in [6.07, 6.45) is 1.63. The van der Waals surface area contributed by atoms with Crippen molar-refractivity contribution < 1.29 is 9.53 Å². The highest BCUT2D eigenvalue weighted by atomic mass is 32.2. The first kappa shape index (κ1) is 12.5. The zero-order chi connectivity index (χ0) is 12.0. The van der Waals surface area contributed by atoms with Crippen molar-refractivity contribution in [3.05, 3.63) is 23.4 Å². The van der Waals surface area contributed by atoms with Gasteiger partial charge in [-0.1, -0.05) is 11.8 Å². The maximum atomic E-state index is 11.1. The standard InChI is InChI=1S/C11H12N2O2S/c1-3-15-10(14)7-16-11-9(6-12)8(2)4-5-13-11/h4-5H,3,7H2,1-2H3. The van der Waals surface area contributed by atoms with Gasteiger partial charge in [0.1, 0.15) is 11.1 Å². The second-order valence-corrected chi connectivity index (χ2v) is 3.98. The van der Waals surface area contributed by atoms with Crippen LogP contribution in [0.3, 0.4) is 0 Å². The molecule has 0 fully saturated rings. The third kappa shape index (κ3) is 3.24. The topological polar surface area (TPSA) is 63.0 Å². The summed E-state index contributed by atoms with van der Waals surface area (Å²) in [6.45, 7) is 3.97. The molecule has 0 atom stereocenters. The van der Waals surface area contributed by atoms with E-state index in [1.807, 2.05) is 6.92 Å². The molecule has 4 nitrogen and oxygen atoms in total. The molecule has 0 unspecified atom stereocenters. The Morgan fingerprint density at radius 3 is 3.06 bits per heavy atom. The van der Waals surface area contributed by atoms with E-state index in [1.165, 1.54) is 11.8 Å². The summed E-state index contributed by atoms with van der Waals surface area (Å²) in [5.41, 5.74) is 1.39. The van der Waals surface area contributed by atoms with Crippen LogP contribution >= 0.6 is 11.8 Å². The number of carbonyl (C=O) groups is 1. The van der Waals surface area contributed by atoms with E-state index in [9.17, 15) is 4.79 Å². The highest BCUT2D eigenvalue weighted by Crippen LogP contribution is 2.21. The molecular formula is C11H12N2O2S. The van der Waals surface area contributed by atoms with Crippen molar-refractivity contribution in [2.75, 3.05) is 12.4 Å². The first-order valence-corrected chi connectivity index (χ1v) is 5.81. The van der Waals surface area contributed by atoms with E-state index in [-0.39, 0.29) is 11.7 Å². The molecule has 1 aromatic heterocycles. The molecule has 0 aliphatic carbocycles. The van der Waals surface area contributed by atoms with Gasteiger partial charge in [-0.25, -0.2) is 4.98 Å². The molecule has 1 aromatic rings. The summed E-state index contributed by atoms with van der Waals surface area (Å²) in [5.74, 6) is -0.112. The van der Waals surface area contributed by atoms with Crippen LogP contribution in [0.25, 0.3) is 0 Å². The van der Waals surface area contributed by atoms with Gasteiger partial charge in [-0.15, -0.1) is 0 Å². The van der Waals surface area contributed by atoms with Gasteiger partial charge in [0, 0.05) is 6.20 Å². The highest BCUT2D eigenvalue weighted by Gasteiger charge is 2.10. The van der Waals surface area contributed by atoms with Crippen LogP contribution in [0.15, 0.2) is 17.3 Å². The zero-order valence-electron chi connectivity index (χ0n) is 9.19. The van der Waals surface area contributed by atoms with Gasteiger partial charge in [0.15, 0.2) is 0 Å². The minimum absolute atomic E-state index is 0.180.